The number of carboxylic acids is 1. The average Bonchev–Trinajstić information content (AvgIpc) is 2.90. The number of nitrogens with zero attached hydrogens (tertiary/aromatic N) is 1. The smallest absolute Gasteiger partial charge is 0.328 e. The minimum atomic E-state index is -1.00. The van der Waals surface area contributed by atoms with E-state index in [2.05, 4.69) is 0 Å². The molecule has 0 bridgehead atoms. The molecule has 2 heterocycles. The fraction of sp³-hybridized carbons (Fsp3) is 0.571. The third-order valence-corrected chi connectivity index (χ3v) is 5.11. The van der Waals surface area contributed by atoms with Gasteiger partial charge in [0.15, 0.2) is 6.04 Å². The monoisotopic (exact) mass is 295 g/mol. The van der Waals surface area contributed by atoms with E-state index in [1.165, 1.54) is 39.5 Å². The van der Waals surface area contributed by atoms with Crippen LogP contribution >= 0.6 is 11.3 Å². The fourth-order valence-corrected chi connectivity index (χ4v) is 4.00. The Kier molecular flexibility index (Phi) is 3.76. The number of fused-ring (bicyclic) bond motifs is 1. The summed E-state index contributed by atoms with van der Waals surface area (Å²) in [6.45, 7) is 0.825. The van der Waals surface area contributed by atoms with Crippen molar-refractivity contribution in [3.05, 3.63) is 21.4 Å². The molecule has 5 nitrogen and oxygen atoms in total. The third kappa shape index (κ3) is 2.45. The van der Waals surface area contributed by atoms with Crippen LogP contribution in [0.4, 0.5) is 0 Å². The van der Waals surface area contributed by atoms with Crippen LogP contribution in [0.15, 0.2) is 6.07 Å². The number of aryl methyl sites for hydroxylation is 2. The summed E-state index contributed by atoms with van der Waals surface area (Å²) in [6, 6.07) is 1.09. The third-order valence-electron chi connectivity index (χ3n) is 3.88. The van der Waals surface area contributed by atoms with E-state index in [1.807, 2.05) is 6.07 Å². The molecule has 1 aromatic heterocycles. The molecule has 2 aliphatic rings. The van der Waals surface area contributed by atoms with Gasteiger partial charge < -0.3 is 14.7 Å². The number of carbonyl (C=O) groups is 2. The number of hydrogen-bond acceptors (Lipinski definition) is 4. The summed E-state index contributed by atoms with van der Waals surface area (Å²) in [5.41, 5.74) is 1.27. The van der Waals surface area contributed by atoms with Gasteiger partial charge in [-0.1, -0.05) is 0 Å². The first-order valence-corrected chi connectivity index (χ1v) is 7.71. The van der Waals surface area contributed by atoms with Crippen molar-refractivity contribution < 1.29 is 19.4 Å². The molecule has 0 radical (unpaired) electrons. The van der Waals surface area contributed by atoms with Gasteiger partial charge in [-0.25, -0.2) is 4.79 Å². The largest absolute Gasteiger partial charge is 0.480 e. The van der Waals surface area contributed by atoms with Gasteiger partial charge in [0.1, 0.15) is 0 Å². The van der Waals surface area contributed by atoms with E-state index in [0.717, 1.165) is 12.8 Å². The summed E-state index contributed by atoms with van der Waals surface area (Å²) >= 11 is 1.53. The fourth-order valence-electron chi connectivity index (χ4n) is 2.79. The lowest BCUT2D eigenvalue weighted by atomic mass is 9.99. The van der Waals surface area contributed by atoms with Crippen LogP contribution in [0.5, 0.6) is 0 Å². The van der Waals surface area contributed by atoms with E-state index < -0.39 is 12.0 Å². The molecule has 20 heavy (non-hydrogen) atoms. The van der Waals surface area contributed by atoms with Crippen molar-refractivity contribution in [2.45, 2.75) is 31.7 Å². The molecule has 0 saturated carbocycles. The summed E-state index contributed by atoms with van der Waals surface area (Å²) in [5, 5.41) is 9.20. The first-order valence-electron chi connectivity index (χ1n) is 6.90. The molecule has 1 amide bonds. The van der Waals surface area contributed by atoms with Crippen molar-refractivity contribution in [1.29, 1.82) is 0 Å². The maximum absolute atomic E-state index is 12.5. The van der Waals surface area contributed by atoms with Crippen LogP contribution in [0.1, 0.15) is 33.0 Å². The SMILES string of the molecule is O=C(O)[C@H]1COCCN1C(=O)c1cc2c(s1)CCCC2. The second kappa shape index (κ2) is 5.54. The van der Waals surface area contributed by atoms with E-state index in [1.54, 1.807) is 0 Å². The quantitative estimate of drug-likeness (QED) is 0.899. The molecule has 1 N–H and O–H groups in total. The van der Waals surface area contributed by atoms with Crippen molar-refractivity contribution in [1.82, 2.24) is 4.90 Å². The van der Waals surface area contributed by atoms with E-state index in [4.69, 9.17) is 4.74 Å². The first kappa shape index (κ1) is 13.6. The number of amides is 1. The zero-order valence-corrected chi connectivity index (χ0v) is 11.9. The Labute approximate surface area is 121 Å². The van der Waals surface area contributed by atoms with Crippen molar-refractivity contribution >= 4 is 23.2 Å². The number of morpholine rings is 1. The lowest BCUT2D eigenvalue weighted by molar-refractivity contribution is -0.147. The number of carbonyl (C=O) groups excluding carboxylic acids is 1. The van der Waals surface area contributed by atoms with Gasteiger partial charge in [-0.05, 0) is 37.3 Å². The maximum atomic E-state index is 12.5. The number of rotatable bonds is 2. The molecule has 0 unspecified atom stereocenters. The van der Waals surface area contributed by atoms with Gasteiger partial charge in [-0.3, -0.25) is 4.79 Å². The highest BCUT2D eigenvalue weighted by Crippen LogP contribution is 2.30. The average molecular weight is 295 g/mol. The van der Waals surface area contributed by atoms with Crippen molar-refractivity contribution in [3.8, 4) is 0 Å². The highest BCUT2D eigenvalue weighted by Gasteiger charge is 2.34. The van der Waals surface area contributed by atoms with Crippen LogP contribution in [0.3, 0.4) is 0 Å². The number of hydrogen-bond donors (Lipinski definition) is 1. The van der Waals surface area contributed by atoms with Crippen LogP contribution < -0.4 is 0 Å². The number of carboxylic acid groups (broad SMARTS) is 1. The lowest BCUT2D eigenvalue weighted by Crippen LogP contribution is -2.52. The highest BCUT2D eigenvalue weighted by atomic mass is 32.1. The second-order valence-corrected chi connectivity index (χ2v) is 6.33. The van der Waals surface area contributed by atoms with E-state index >= 15 is 0 Å². The molecule has 0 aromatic carbocycles. The van der Waals surface area contributed by atoms with Gasteiger partial charge in [0, 0.05) is 11.4 Å². The van der Waals surface area contributed by atoms with Crippen molar-refractivity contribution in [2.24, 2.45) is 0 Å². The zero-order chi connectivity index (χ0) is 14.1. The number of ether oxygens (including phenoxy) is 1. The van der Waals surface area contributed by atoms with Gasteiger partial charge in [-0.15, -0.1) is 11.3 Å². The molecule has 1 fully saturated rings. The molecule has 1 atom stereocenters. The Morgan fingerprint density at radius 2 is 2.15 bits per heavy atom. The number of aliphatic carboxylic acids is 1. The van der Waals surface area contributed by atoms with Crippen molar-refractivity contribution in [2.75, 3.05) is 19.8 Å². The van der Waals surface area contributed by atoms with Crippen LogP contribution in [0.2, 0.25) is 0 Å². The van der Waals surface area contributed by atoms with Gasteiger partial charge in [0.25, 0.3) is 5.91 Å². The van der Waals surface area contributed by atoms with Gasteiger partial charge in [0.2, 0.25) is 0 Å². The topological polar surface area (TPSA) is 66.8 Å². The summed E-state index contributed by atoms with van der Waals surface area (Å²) < 4.78 is 5.17. The van der Waals surface area contributed by atoms with E-state index in [-0.39, 0.29) is 12.5 Å². The Hall–Kier alpha value is -1.40. The molecule has 1 aliphatic carbocycles. The normalized spacial score (nSPS) is 22.4. The summed E-state index contributed by atoms with van der Waals surface area (Å²) in [7, 11) is 0. The lowest BCUT2D eigenvalue weighted by Gasteiger charge is -2.32. The summed E-state index contributed by atoms with van der Waals surface area (Å²) in [6.07, 6.45) is 4.42. The van der Waals surface area contributed by atoms with E-state index in [0.29, 0.717) is 18.0 Å². The minimum absolute atomic E-state index is 0.0756. The Morgan fingerprint density at radius 3 is 2.90 bits per heavy atom. The van der Waals surface area contributed by atoms with Gasteiger partial charge in [-0.2, -0.15) is 0 Å². The molecule has 1 saturated heterocycles. The molecule has 1 aromatic rings. The molecular weight excluding hydrogens is 278 g/mol. The predicted octanol–water partition coefficient (Wildman–Crippen LogP) is 1.55. The van der Waals surface area contributed by atoms with E-state index in [9.17, 15) is 14.7 Å². The van der Waals surface area contributed by atoms with Crippen molar-refractivity contribution in [3.63, 3.8) is 0 Å². The molecule has 3 rings (SSSR count). The molecule has 0 spiro atoms. The zero-order valence-electron chi connectivity index (χ0n) is 11.1. The molecule has 6 heteroatoms. The van der Waals surface area contributed by atoms with Gasteiger partial charge >= 0.3 is 5.97 Å². The predicted molar refractivity (Wildman–Crippen MR) is 74.2 cm³/mol. The van der Waals surface area contributed by atoms with Gasteiger partial charge in [0.05, 0.1) is 18.1 Å². The van der Waals surface area contributed by atoms with Crippen LogP contribution in [-0.4, -0.2) is 47.7 Å². The minimum Gasteiger partial charge on any atom is -0.480 e. The molecule has 1 aliphatic heterocycles. The summed E-state index contributed by atoms with van der Waals surface area (Å²) in [4.78, 5) is 27.2. The molecular formula is C14H17NO4S. The van der Waals surface area contributed by atoms with Crippen LogP contribution in [0, 0.1) is 0 Å². The summed E-state index contributed by atoms with van der Waals surface area (Å²) in [5.74, 6) is -1.17. The highest BCUT2D eigenvalue weighted by molar-refractivity contribution is 7.14. The maximum Gasteiger partial charge on any atom is 0.328 e. The standard InChI is InChI=1S/C14H17NO4S/c16-13(15-5-6-19-8-10(15)14(17)18)12-7-9-3-1-2-4-11(9)20-12/h7,10H,1-6,8H2,(H,17,18)/t10-/m1/s1. The van der Waals surface area contributed by atoms with Crippen LogP contribution in [0.25, 0.3) is 0 Å². The Balaban J connectivity index is 1.83. The molecule has 108 valence electrons. The Bertz CT molecular complexity index is 516. The number of thiophene rings is 1. The second-order valence-electron chi connectivity index (χ2n) is 5.19. The Morgan fingerprint density at radius 1 is 1.35 bits per heavy atom. The van der Waals surface area contributed by atoms with Crippen LogP contribution in [-0.2, 0) is 22.4 Å². The first-order chi connectivity index (χ1) is 9.66.